The van der Waals surface area contributed by atoms with Crippen molar-refractivity contribution >= 4 is 11.9 Å². The van der Waals surface area contributed by atoms with Gasteiger partial charge in [0, 0.05) is 62.9 Å². The summed E-state index contributed by atoms with van der Waals surface area (Å²) in [7, 11) is 0. The molecule has 72 heavy (non-hydrogen) atoms. The molecule has 7 aliphatic rings. The zero-order chi connectivity index (χ0) is 50.5. The first-order valence-electron chi connectivity index (χ1n) is 31.0. The molecule has 7 fully saturated rings. The van der Waals surface area contributed by atoms with Crippen molar-refractivity contribution in [2.24, 2.45) is 35.5 Å². The van der Waals surface area contributed by atoms with Crippen LogP contribution < -0.4 is 0 Å². The van der Waals surface area contributed by atoms with E-state index in [1.54, 1.807) is 0 Å². The molecule has 0 aromatic heterocycles. The van der Waals surface area contributed by atoms with E-state index in [4.69, 9.17) is 9.47 Å². The third kappa shape index (κ3) is 17.3. The van der Waals surface area contributed by atoms with Crippen LogP contribution >= 0.6 is 0 Å². The van der Waals surface area contributed by atoms with E-state index in [-0.39, 0.29) is 11.9 Å². The molecule has 2 aromatic rings. The lowest BCUT2D eigenvalue weighted by atomic mass is 9.69. The van der Waals surface area contributed by atoms with E-state index < -0.39 is 0 Å². The van der Waals surface area contributed by atoms with Crippen LogP contribution in [0, 0.1) is 35.5 Å². The normalized spacial score (nSPS) is 27.0. The Kier molecular flexibility index (Phi) is 24.1. The molecule has 0 spiro atoms. The van der Waals surface area contributed by atoms with Crippen LogP contribution in [0.4, 0.5) is 0 Å². The molecule has 6 atom stereocenters. The maximum absolute atomic E-state index is 12.7. The SMILES string of the molecule is CC.CCOC(=O)CC1CCCC(N(CC2CCCCC2)CC2CCCCC2)C1c1ccc(C2CC2)cc1.CCOC(=O)CC1CCCC(N(CC2CCCCC2)CC2CCCCC2)C1c1ccc(O)cc1. The van der Waals surface area contributed by atoms with Crippen LogP contribution in [0.2, 0.25) is 0 Å². The Balaban J connectivity index is 0.000000205. The summed E-state index contributed by atoms with van der Waals surface area (Å²) in [4.78, 5) is 31.2. The van der Waals surface area contributed by atoms with Gasteiger partial charge in [-0.2, -0.15) is 0 Å². The molecule has 0 heterocycles. The van der Waals surface area contributed by atoms with Crippen molar-refractivity contribution in [3.05, 3.63) is 65.2 Å². The lowest BCUT2D eigenvalue weighted by Gasteiger charge is -2.47. The van der Waals surface area contributed by atoms with Crippen molar-refractivity contribution in [3.63, 3.8) is 0 Å². The largest absolute Gasteiger partial charge is 0.508 e. The number of esters is 2. The summed E-state index contributed by atoms with van der Waals surface area (Å²) in [6, 6.07) is 18.6. The number of nitrogens with zero attached hydrogens (tertiary/aromatic N) is 2. The summed E-state index contributed by atoms with van der Waals surface area (Å²) >= 11 is 0. The number of rotatable bonds is 19. The van der Waals surface area contributed by atoms with Gasteiger partial charge in [-0.15, -0.1) is 0 Å². The Morgan fingerprint density at radius 3 is 1.07 bits per heavy atom. The van der Waals surface area contributed by atoms with Crippen molar-refractivity contribution < 1.29 is 24.2 Å². The van der Waals surface area contributed by atoms with Gasteiger partial charge in [0.2, 0.25) is 0 Å². The monoisotopic (exact) mass is 993 g/mol. The number of hydrogen-bond acceptors (Lipinski definition) is 7. The van der Waals surface area contributed by atoms with Gasteiger partial charge in [0.1, 0.15) is 5.75 Å². The number of benzene rings is 2. The molecule has 1 N–H and O–H groups in total. The van der Waals surface area contributed by atoms with Crippen LogP contribution in [0.3, 0.4) is 0 Å². The standard InChI is InChI=1S/C33H51NO2.C30H47NO3.C2H6/c1-2-36-32(35)22-30-14-9-15-31(33(30)29-20-18-28(19-21-29)27-16-17-27)34(23-25-10-5-3-6-11-25)24-26-12-7-4-8-13-26;1-2-34-29(33)20-26-14-9-15-28(30(26)25-16-18-27(32)19-17-25)31(21-23-10-5-3-6-11-23)22-24-12-7-4-8-13-24;1-2/h18-21,25-27,30-31,33H,2-17,22-24H2,1H3;16-19,23-24,26,28,30,32H,2-15,20-22H2,1H3;1-2H3. The van der Waals surface area contributed by atoms with E-state index in [0.29, 0.717) is 67.6 Å². The second-order valence-electron chi connectivity index (χ2n) is 24.0. The van der Waals surface area contributed by atoms with Gasteiger partial charge in [0.25, 0.3) is 0 Å². The zero-order valence-corrected chi connectivity index (χ0v) is 46.4. The minimum atomic E-state index is -0.0527. The number of carbonyl (C=O) groups excluding carboxylic acids is 2. The maximum Gasteiger partial charge on any atom is 0.306 e. The van der Waals surface area contributed by atoms with Crippen molar-refractivity contribution in [3.8, 4) is 5.75 Å². The first-order valence-corrected chi connectivity index (χ1v) is 31.0. The fourth-order valence-electron chi connectivity index (χ4n) is 15.3. The fraction of sp³-hybridized carbons (Fsp3) is 0.785. The first kappa shape index (κ1) is 56.8. The van der Waals surface area contributed by atoms with E-state index in [0.717, 1.165) is 42.4 Å². The van der Waals surface area contributed by atoms with Crippen LogP contribution in [0.5, 0.6) is 5.75 Å². The fourth-order valence-corrected chi connectivity index (χ4v) is 15.3. The summed E-state index contributed by atoms with van der Waals surface area (Å²) < 4.78 is 10.9. The second-order valence-corrected chi connectivity index (χ2v) is 24.0. The minimum Gasteiger partial charge on any atom is -0.508 e. The second kappa shape index (κ2) is 30.6. The molecule has 0 radical (unpaired) electrons. The molecular formula is C65H104N2O5. The predicted octanol–water partition coefficient (Wildman–Crippen LogP) is 16.3. The summed E-state index contributed by atoms with van der Waals surface area (Å²) in [5, 5.41) is 9.96. The Hall–Kier alpha value is -2.90. The third-order valence-electron chi connectivity index (χ3n) is 18.9. The number of hydrogen-bond donors (Lipinski definition) is 1. The van der Waals surface area contributed by atoms with E-state index >= 15 is 0 Å². The van der Waals surface area contributed by atoms with E-state index in [1.165, 1.54) is 210 Å². The van der Waals surface area contributed by atoms with Gasteiger partial charge in [0.15, 0.2) is 0 Å². The quantitative estimate of drug-likeness (QED) is 0.140. The van der Waals surface area contributed by atoms with Crippen LogP contribution in [-0.2, 0) is 19.1 Å². The molecule has 7 saturated carbocycles. The van der Waals surface area contributed by atoms with Crippen molar-refractivity contribution in [1.29, 1.82) is 0 Å². The van der Waals surface area contributed by atoms with Crippen LogP contribution in [0.1, 0.15) is 255 Å². The molecule has 0 saturated heterocycles. The number of ether oxygens (including phenoxy) is 2. The highest BCUT2D eigenvalue weighted by Crippen LogP contribution is 2.47. The molecule has 7 aliphatic carbocycles. The van der Waals surface area contributed by atoms with Crippen LogP contribution in [0.25, 0.3) is 0 Å². The molecule has 0 aliphatic heterocycles. The van der Waals surface area contributed by atoms with Gasteiger partial charge in [0.05, 0.1) is 13.2 Å². The molecule has 0 bridgehead atoms. The summed E-state index contributed by atoms with van der Waals surface area (Å²) in [6.07, 6.45) is 39.1. The van der Waals surface area contributed by atoms with E-state index in [2.05, 4.69) is 46.2 Å². The molecule has 0 amide bonds. The highest BCUT2D eigenvalue weighted by molar-refractivity contribution is 5.70. The summed E-state index contributed by atoms with van der Waals surface area (Å²) in [5.74, 6) is 5.93. The molecular weight excluding hydrogens is 889 g/mol. The number of aromatic hydroxyl groups is 1. The molecule has 9 rings (SSSR count). The maximum atomic E-state index is 12.7. The molecule has 2 aromatic carbocycles. The zero-order valence-electron chi connectivity index (χ0n) is 46.4. The smallest absolute Gasteiger partial charge is 0.306 e. The highest BCUT2D eigenvalue weighted by atomic mass is 16.5. The van der Waals surface area contributed by atoms with Gasteiger partial charge < -0.3 is 14.6 Å². The highest BCUT2D eigenvalue weighted by Gasteiger charge is 2.42. The number of phenols is 1. The van der Waals surface area contributed by atoms with Gasteiger partial charge in [-0.3, -0.25) is 19.4 Å². The first-order chi connectivity index (χ1) is 35.3. The van der Waals surface area contributed by atoms with E-state index in [9.17, 15) is 14.7 Å². The van der Waals surface area contributed by atoms with Gasteiger partial charge in [-0.25, -0.2) is 0 Å². The number of phenolic OH excluding ortho intramolecular Hbond substituents is 1. The minimum absolute atomic E-state index is 0.00821. The Labute approximate surface area is 440 Å². The molecule has 6 unspecified atom stereocenters. The lowest BCUT2D eigenvalue weighted by molar-refractivity contribution is -0.145. The van der Waals surface area contributed by atoms with Crippen LogP contribution in [0.15, 0.2) is 48.5 Å². The van der Waals surface area contributed by atoms with E-state index in [1.807, 2.05) is 39.8 Å². The van der Waals surface area contributed by atoms with Crippen LogP contribution in [-0.4, -0.2) is 78.3 Å². The molecule has 7 heteroatoms. The predicted molar refractivity (Wildman–Crippen MR) is 298 cm³/mol. The molecule has 404 valence electrons. The summed E-state index contributed by atoms with van der Waals surface area (Å²) in [6.45, 7) is 13.8. The van der Waals surface area contributed by atoms with Gasteiger partial charge in [-0.1, -0.05) is 140 Å². The molecule has 7 nitrogen and oxygen atoms in total. The summed E-state index contributed by atoms with van der Waals surface area (Å²) in [5.41, 5.74) is 4.29. The third-order valence-corrected chi connectivity index (χ3v) is 18.9. The Bertz CT molecular complexity index is 1760. The lowest BCUT2D eigenvalue weighted by Crippen LogP contribution is -2.49. The average Bonchev–Trinajstić information content (AvgIpc) is 4.27. The average molecular weight is 994 g/mol. The Morgan fingerprint density at radius 2 is 0.750 bits per heavy atom. The van der Waals surface area contributed by atoms with Gasteiger partial charge >= 0.3 is 11.9 Å². The van der Waals surface area contributed by atoms with Crippen molar-refractivity contribution in [2.45, 2.75) is 250 Å². The topological polar surface area (TPSA) is 79.3 Å². The van der Waals surface area contributed by atoms with Crippen molar-refractivity contribution in [1.82, 2.24) is 9.80 Å². The number of carbonyl (C=O) groups is 2. The van der Waals surface area contributed by atoms with Gasteiger partial charge in [-0.05, 0) is 174 Å². The van der Waals surface area contributed by atoms with Crippen molar-refractivity contribution in [2.75, 3.05) is 39.4 Å². The Morgan fingerprint density at radius 1 is 0.431 bits per heavy atom.